The molecule has 2 unspecified atom stereocenters. The molecule has 2 atom stereocenters. The minimum atomic E-state index is -0.104. The van der Waals surface area contributed by atoms with Gasteiger partial charge in [-0.3, -0.25) is 9.48 Å². The second kappa shape index (κ2) is 8.14. The number of hydrogen-bond acceptors (Lipinski definition) is 5. The van der Waals surface area contributed by atoms with Gasteiger partial charge in [0, 0.05) is 30.4 Å². The molecule has 2 aliphatic carbocycles. The van der Waals surface area contributed by atoms with Gasteiger partial charge in [-0.25, -0.2) is 4.98 Å². The van der Waals surface area contributed by atoms with Gasteiger partial charge in [0.25, 0.3) is 5.91 Å². The number of amides is 1. The molecule has 2 aromatic heterocycles. The van der Waals surface area contributed by atoms with Crippen molar-refractivity contribution in [1.82, 2.24) is 20.1 Å². The average Bonchev–Trinajstić information content (AvgIpc) is 3.49. The van der Waals surface area contributed by atoms with Crippen LogP contribution in [-0.4, -0.2) is 40.0 Å². The lowest BCUT2D eigenvalue weighted by Crippen LogP contribution is -2.31. The number of fused-ring (bicyclic) bond motifs is 1. The van der Waals surface area contributed by atoms with Gasteiger partial charge in [-0.2, -0.15) is 5.10 Å². The summed E-state index contributed by atoms with van der Waals surface area (Å²) in [5, 5.41) is 8.09. The Hall–Kier alpha value is -2.41. The van der Waals surface area contributed by atoms with Crippen molar-refractivity contribution in [2.24, 2.45) is 0 Å². The minimum absolute atomic E-state index is 0.0151. The fourth-order valence-corrected chi connectivity index (χ4v) is 4.69. The number of ether oxygens (including phenoxy) is 2. The first kappa shape index (κ1) is 18.6. The summed E-state index contributed by atoms with van der Waals surface area (Å²) in [6.45, 7) is 1.29. The summed E-state index contributed by atoms with van der Waals surface area (Å²) in [5.74, 6) is 0.371. The smallest absolute Gasteiger partial charge is 0.252 e. The molecule has 1 saturated carbocycles. The molecule has 3 aliphatic rings. The molecule has 0 aromatic carbocycles. The molecule has 0 bridgehead atoms. The van der Waals surface area contributed by atoms with E-state index in [9.17, 15) is 4.79 Å². The van der Waals surface area contributed by atoms with Crippen molar-refractivity contribution in [1.29, 1.82) is 0 Å². The van der Waals surface area contributed by atoms with Gasteiger partial charge in [-0.1, -0.05) is 12.8 Å². The summed E-state index contributed by atoms with van der Waals surface area (Å²) in [5.41, 5.74) is 2.90. The lowest BCUT2D eigenvalue weighted by Gasteiger charge is -2.22. The molecule has 7 heteroatoms. The molecule has 7 nitrogen and oxygen atoms in total. The van der Waals surface area contributed by atoms with Crippen molar-refractivity contribution >= 4 is 5.91 Å². The fourth-order valence-electron chi connectivity index (χ4n) is 4.69. The molecule has 1 N–H and O–H groups in total. The molecule has 2 aromatic rings. The van der Waals surface area contributed by atoms with Crippen molar-refractivity contribution < 1.29 is 14.3 Å². The maximum Gasteiger partial charge on any atom is 0.252 e. The first-order valence-corrected chi connectivity index (χ1v) is 10.9. The van der Waals surface area contributed by atoms with Crippen molar-refractivity contribution in [3.63, 3.8) is 0 Å². The Morgan fingerprint density at radius 1 is 1.21 bits per heavy atom. The molecule has 5 rings (SSSR count). The first-order chi connectivity index (χ1) is 14.3. The van der Waals surface area contributed by atoms with Crippen LogP contribution < -0.4 is 10.1 Å². The fraction of sp³-hybridized carbons (Fsp3) is 0.591. The van der Waals surface area contributed by atoms with E-state index >= 15 is 0 Å². The quantitative estimate of drug-likeness (QED) is 0.838. The normalized spacial score (nSPS) is 24.4. The molecule has 1 saturated heterocycles. The van der Waals surface area contributed by atoms with Gasteiger partial charge >= 0.3 is 0 Å². The summed E-state index contributed by atoms with van der Waals surface area (Å²) in [6, 6.07) is 3.94. The van der Waals surface area contributed by atoms with E-state index in [0.29, 0.717) is 30.7 Å². The standard InChI is InChI=1S/C22H28N4O3/c27-22(15-8-10-23-20(12-15)29-18-9-11-28-14-18)24-19-7-3-4-16-13-26(25-21(16)19)17-5-1-2-6-17/h8,10,12-13,17-19H,1-7,9,11,14H2,(H,24,27). The van der Waals surface area contributed by atoms with Crippen molar-refractivity contribution in [2.75, 3.05) is 13.2 Å². The summed E-state index contributed by atoms with van der Waals surface area (Å²) >= 11 is 0. The third-order valence-electron chi connectivity index (χ3n) is 6.29. The average molecular weight is 396 g/mol. The van der Waals surface area contributed by atoms with E-state index in [-0.39, 0.29) is 18.1 Å². The molecule has 29 heavy (non-hydrogen) atoms. The van der Waals surface area contributed by atoms with E-state index in [4.69, 9.17) is 14.6 Å². The second-order valence-corrected chi connectivity index (χ2v) is 8.36. The molecule has 3 heterocycles. The van der Waals surface area contributed by atoms with E-state index in [1.807, 2.05) is 0 Å². The van der Waals surface area contributed by atoms with Crippen molar-refractivity contribution in [3.05, 3.63) is 41.3 Å². The highest BCUT2D eigenvalue weighted by molar-refractivity contribution is 5.94. The zero-order valence-corrected chi connectivity index (χ0v) is 16.7. The lowest BCUT2D eigenvalue weighted by atomic mass is 9.93. The van der Waals surface area contributed by atoms with Gasteiger partial charge in [0.2, 0.25) is 5.88 Å². The van der Waals surface area contributed by atoms with Crippen LogP contribution in [0.4, 0.5) is 0 Å². The van der Waals surface area contributed by atoms with Gasteiger partial charge < -0.3 is 14.8 Å². The van der Waals surface area contributed by atoms with Crippen molar-refractivity contribution in [3.8, 4) is 5.88 Å². The summed E-state index contributed by atoms with van der Waals surface area (Å²) in [7, 11) is 0. The minimum Gasteiger partial charge on any atom is -0.472 e. The molecule has 1 aliphatic heterocycles. The molecule has 0 spiro atoms. The van der Waals surface area contributed by atoms with Crippen LogP contribution in [0.5, 0.6) is 5.88 Å². The number of rotatable bonds is 5. The van der Waals surface area contributed by atoms with Gasteiger partial charge in [0.15, 0.2) is 0 Å². The number of nitrogens with zero attached hydrogens (tertiary/aromatic N) is 3. The summed E-state index contributed by atoms with van der Waals surface area (Å²) in [4.78, 5) is 17.2. The predicted molar refractivity (Wildman–Crippen MR) is 107 cm³/mol. The lowest BCUT2D eigenvalue weighted by molar-refractivity contribution is 0.0930. The van der Waals surface area contributed by atoms with Crippen LogP contribution in [0.2, 0.25) is 0 Å². The highest BCUT2D eigenvalue weighted by atomic mass is 16.5. The summed E-state index contributed by atoms with van der Waals surface area (Å²) < 4.78 is 13.3. The highest BCUT2D eigenvalue weighted by Gasteiger charge is 2.28. The van der Waals surface area contributed by atoms with Crippen LogP contribution in [0.1, 0.15) is 78.6 Å². The van der Waals surface area contributed by atoms with Crippen LogP contribution in [0, 0.1) is 0 Å². The Morgan fingerprint density at radius 2 is 2.10 bits per heavy atom. The zero-order chi connectivity index (χ0) is 19.6. The molecule has 1 amide bonds. The Kier molecular flexibility index (Phi) is 5.23. The van der Waals surface area contributed by atoms with Crippen LogP contribution in [0.3, 0.4) is 0 Å². The maximum absolute atomic E-state index is 12.9. The monoisotopic (exact) mass is 396 g/mol. The van der Waals surface area contributed by atoms with Crippen LogP contribution in [0.15, 0.2) is 24.5 Å². The predicted octanol–water partition coefficient (Wildman–Crippen LogP) is 3.37. The van der Waals surface area contributed by atoms with E-state index in [1.165, 1.54) is 31.2 Å². The third kappa shape index (κ3) is 4.01. The van der Waals surface area contributed by atoms with Gasteiger partial charge in [0.05, 0.1) is 31.0 Å². The topological polar surface area (TPSA) is 78.3 Å². The van der Waals surface area contributed by atoms with Gasteiger partial charge in [-0.15, -0.1) is 0 Å². The first-order valence-electron chi connectivity index (χ1n) is 10.9. The van der Waals surface area contributed by atoms with E-state index in [2.05, 4.69) is 21.2 Å². The Bertz CT molecular complexity index is 869. The number of pyridine rings is 1. The SMILES string of the molecule is O=C(NC1CCCc2cn(C3CCCC3)nc21)c1ccnc(OC2CCOC2)c1. The van der Waals surface area contributed by atoms with Gasteiger partial charge in [-0.05, 0) is 43.7 Å². The molecular weight excluding hydrogens is 368 g/mol. The molecule has 154 valence electrons. The second-order valence-electron chi connectivity index (χ2n) is 8.36. The van der Waals surface area contributed by atoms with Crippen LogP contribution in [-0.2, 0) is 11.2 Å². The summed E-state index contributed by atoms with van der Waals surface area (Å²) in [6.07, 6.45) is 12.7. The van der Waals surface area contributed by atoms with Gasteiger partial charge in [0.1, 0.15) is 6.10 Å². The molecule has 0 radical (unpaired) electrons. The molecular formula is C22H28N4O3. The Morgan fingerprint density at radius 3 is 2.93 bits per heavy atom. The number of aryl methyl sites for hydroxylation is 1. The zero-order valence-electron chi connectivity index (χ0n) is 16.7. The maximum atomic E-state index is 12.9. The third-order valence-corrected chi connectivity index (χ3v) is 6.29. The van der Waals surface area contributed by atoms with Crippen LogP contribution in [0.25, 0.3) is 0 Å². The van der Waals surface area contributed by atoms with Crippen LogP contribution >= 0.6 is 0 Å². The Balaban J connectivity index is 1.29. The number of carbonyl (C=O) groups excluding carboxylic acids is 1. The van der Waals surface area contributed by atoms with E-state index < -0.39 is 0 Å². The number of carbonyl (C=O) groups is 1. The highest BCUT2D eigenvalue weighted by Crippen LogP contribution is 2.34. The largest absolute Gasteiger partial charge is 0.472 e. The Labute approximate surface area is 170 Å². The molecule has 2 fully saturated rings. The van der Waals surface area contributed by atoms with E-state index in [1.54, 1.807) is 18.3 Å². The van der Waals surface area contributed by atoms with E-state index in [0.717, 1.165) is 31.4 Å². The number of hydrogen-bond donors (Lipinski definition) is 1. The number of aromatic nitrogens is 3. The number of nitrogens with one attached hydrogen (secondary N) is 1. The van der Waals surface area contributed by atoms with Crippen molar-refractivity contribution in [2.45, 2.75) is 69.6 Å².